The van der Waals surface area contributed by atoms with Crippen LogP contribution in [0.25, 0.3) is 0 Å². The summed E-state index contributed by atoms with van der Waals surface area (Å²) in [6.45, 7) is 4.74. The molecule has 2 N–H and O–H groups in total. The van der Waals surface area contributed by atoms with E-state index in [9.17, 15) is 14.2 Å². The molecule has 28 heavy (non-hydrogen) atoms. The molecule has 0 aliphatic rings. The summed E-state index contributed by atoms with van der Waals surface area (Å²) in [6, 6.07) is 16.4. The summed E-state index contributed by atoms with van der Waals surface area (Å²) in [5.74, 6) is -1.08. The third kappa shape index (κ3) is 6.13. The van der Waals surface area contributed by atoms with Crippen molar-refractivity contribution in [1.29, 1.82) is 0 Å². The van der Waals surface area contributed by atoms with Gasteiger partial charge in [-0.1, -0.05) is 36.4 Å². The Morgan fingerprint density at radius 3 is 1.86 bits per heavy atom. The molecule has 0 spiro atoms. The first-order valence-electron chi connectivity index (χ1n) is 8.98. The Kier molecular flexibility index (Phi) is 7.30. The van der Waals surface area contributed by atoms with Gasteiger partial charge >= 0.3 is 5.97 Å². The molecule has 0 aliphatic heterocycles. The number of ether oxygens (including phenoxy) is 1. The van der Waals surface area contributed by atoms with Crippen LogP contribution in [0.4, 0.5) is 0 Å². The normalized spacial score (nSPS) is 13.0. The van der Waals surface area contributed by atoms with Crippen molar-refractivity contribution in [2.75, 3.05) is 6.61 Å². The van der Waals surface area contributed by atoms with Gasteiger partial charge in [-0.05, 0) is 45.0 Å². The SMILES string of the molecule is CC(C)(C)OC(=O)C(N)CC(=O)COP(=O)(c1ccccc1)c1ccccc1. The Hall–Kier alpha value is -2.27. The van der Waals surface area contributed by atoms with E-state index in [2.05, 4.69) is 0 Å². The molecule has 1 unspecified atom stereocenters. The number of ketones is 1. The molecule has 2 rings (SSSR count). The second kappa shape index (κ2) is 9.28. The van der Waals surface area contributed by atoms with Gasteiger partial charge in [0.1, 0.15) is 18.2 Å². The standard InChI is InChI=1S/C21H26NO5P/c1-21(2,3)27-20(24)19(22)14-16(23)15-26-28(25,17-10-6-4-7-11-17)18-12-8-5-9-13-18/h4-13,19H,14-15,22H2,1-3H3. The van der Waals surface area contributed by atoms with Crippen LogP contribution in [-0.2, 0) is 23.4 Å². The zero-order valence-corrected chi connectivity index (χ0v) is 17.2. The van der Waals surface area contributed by atoms with Gasteiger partial charge in [-0.3, -0.25) is 14.2 Å². The third-order valence-electron chi connectivity index (χ3n) is 3.76. The zero-order chi connectivity index (χ0) is 20.8. The Morgan fingerprint density at radius 1 is 0.964 bits per heavy atom. The first kappa shape index (κ1) is 22.0. The Bertz CT molecular complexity index is 803. The van der Waals surface area contributed by atoms with E-state index < -0.39 is 37.4 Å². The van der Waals surface area contributed by atoms with E-state index in [-0.39, 0.29) is 6.42 Å². The number of nitrogens with two attached hydrogens (primary N) is 1. The van der Waals surface area contributed by atoms with E-state index in [1.807, 2.05) is 12.1 Å². The highest BCUT2D eigenvalue weighted by Gasteiger charge is 2.30. The van der Waals surface area contributed by atoms with E-state index in [1.165, 1.54) is 0 Å². The average molecular weight is 403 g/mol. The molecule has 0 amide bonds. The second-order valence-electron chi connectivity index (χ2n) is 7.38. The first-order valence-corrected chi connectivity index (χ1v) is 10.6. The minimum atomic E-state index is -3.46. The highest BCUT2D eigenvalue weighted by atomic mass is 31.2. The van der Waals surface area contributed by atoms with Crippen LogP contribution in [0.1, 0.15) is 27.2 Å². The number of carbonyl (C=O) groups excluding carboxylic acids is 2. The number of hydrogen-bond donors (Lipinski definition) is 1. The summed E-state index contributed by atoms with van der Waals surface area (Å²) in [7, 11) is -3.46. The lowest BCUT2D eigenvalue weighted by atomic mass is 10.1. The molecule has 6 nitrogen and oxygen atoms in total. The number of rotatable bonds is 8. The van der Waals surface area contributed by atoms with Crippen molar-refractivity contribution in [2.24, 2.45) is 5.73 Å². The van der Waals surface area contributed by atoms with Crippen molar-refractivity contribution >= 4 is 29.7 Å². The lowest BCUT2D eigenvalue weighted by molar-refractivity contribution is -0.157. The van der Waals surface area contributed by atoms with E-state index in [0.717, 1.165) is 0 Å². The van der Waals surface area contributed by atoms with E-state index in [0.29, 0.717) is 10.6 Å². The van der Waals surface area contributed by atoms with Gasteiger partial charge in [-0.15, -0.1) is 0 Å². The van der Waals surface area contributed by atoms with Crippen LogP contribution in [0.5, 0.6) is 0 Å². The minimum Gasteiger partial charge on any atom is -0.459 e. The molecule has 150 valence electrons. The summed E-state index contributed by atoms with van der Waals surface area (Å²) in [4.78, 5) is 24.2. The Morgan fingerprint density at radius 2 is 1.43 bits per heavy atom. The van der Waals surface area contributed by atoms with E-state index in [1.54, 1.807) is 69.3 Å². The van der Waals surface area contributed by atoms with Gasteiger partial charge in [0.05, 0.1) is 0 Å². The fraction of sp³-hybridized carbons (Fsp3) is 0.333. The second-order valence-corrected chi connectivity index (χ2v) is 9.77. The number of carbonyl (C=O) groups is 2. The molecule has 7 heteroatoms. The minimum absolute atomic E-state index is 0.251. The zero-order valence-electron chi connectivity index (χ0n) is 16.3. The topological polar surface area (TPSA) is 95.7 Å². The predicted molar refractivity (Wildman–Crippen MR) is 109 cm³/mol. The van der Waals surface area contributed by atoms with Crippen molar-refractivity contribution in [3.63, 3.8) is 0 Å². The summed E-state index contributed by atoms with van der Waals surface area (Å²) >= 11 is 0. The smallest absolute Gasteiger partial charge is 0.323 e. The predicted octanol–water partition coefficient (Wildman–Crippen LogP) is 2.56. The fourth-order valence-corrected chi connectivity index (χ4v) is 4.53. The third-order valence-corrected chi connectivity index (χ3v) is 6.21. The molecule has 0 heterocycles. The molecular weight excluding hydrogens is 377 g/mol. The van der Waals surface area contributed by atoms with Gasteiger partial charge in [-0.25, -0.2) is 0 Å². The van der Waals surface area contributed by atoms with Crippen LogP contribution in [-0.4, -0.2) is 30.0 Å². The lowest BCUT2D eigenvalue weighted by Crippen LogP contribution is -2.39. The molecule has 0 fully saturated rings. The molecule has 0 radical (unpaired) electrons. The molecule has 0 bridgehead atoms. The average Bonchev–Trinajstić information content (AvgIpc) is 2.66. The summed E-state index contributed by atoms with van der Waals surface area (Å²) in [6.07, 6.45) is -0.251. The van der Waals surface area contributed by atoms with Gasteiger partial charge in [0.25, 0.3) is 7.37 Å². The van der Waals surface area contributed by atoms with Crippen molar-refractivity contribution in [3.8, 4) is 0 Å². The molecule has 0 aromatic heterocycles. The number of benzene rings is 2. The van der Waals surface area contributed by atoms with Gasteiger partial charge in [0.15, 0.2) is 5.78 Å². The van der Waals surface area contributed by atoms with Crippen LogP contribution in [0.15, 0.2) is 60.7 Å². The number of Topliss-reactive ketones (excluding diaryl/α,β-unsaturated/α-hetero) is 1. The largest absolute Gasteiger partial charge is 0.459 e. The van der Waals surface area contributed by atoms with Crippen LogP contribution in [0.2, 0.25) is 0 Å². The maximum absolute atomic E-state index is 13.6. The van der Waals surface area contributed by atoms with Gasteiger partial charge < -0.3 is 15.0 Å². The van der Waals surface area contributed by atoms with Crippen LogP contribution in [0.3, 0.4) is 0 Å². The van der Waals surface area contributed by atoms with Gasteiger partial charge in [-0.2, -0.15) is 0 Å². The summed E-state index contributed by atoms with van der Waals surface area (Å²) < 4.78 is 24.4. The first-order chi connectivity index (χ1) is 13.1. The van der Waals surface area contributed by atoms with Crippen LogP contribution < -0.4 is 16.3 Å². The molecule has 0 saturated carbocycles. The van der Waals surface area contributed by atoms with Crippen LogP contribution >= 0.6 is 7.37 Å². The van der Waals surface area contributed by atoms with Crippen molar-refractivity contribution in [3.05, 3.63) is 60.7 Å². The molecule has 0 aliphatic carbocycles. The van der Waals surface area contributed by atoms with Crippen molar-refractivity contribution in [1.82, 2.24) is 0 Å². The van der Waals surface area contributed by atoms with Crippen molar-refractivity contribution in [2.45, 2.75) is 38.8 Å². The maximum Gasteiger partial charge on any atom is 0.323 e. The summed E-state index contributed by atoms with van der Waals surface area (Å²) in [5.41, 5.74) is 5.08. The lowest BCUT2D eigenvalue weighted by Gasteiger charge is -2.22. The van der Waals surface area contributed by atoms with E-state index in [4.69, 9.17) is 15.0 Å². The Balaban J connectivity index is 2.09. The molecule has 1 atom stereocenters. The number of esters is 1. The highest BCUT2D eigenvalue weighted by Crippen LogP contribution is 2.44. The monoisotopic (exact) mass is 403 g/mol. The quantitative estimate of drug-likeness (QED) is 0.538. The maximum atomic E-state index is 13.6. The molecule has 2 aromatic carbocycles. The Labute approximate surface area is 165 Å². The molecular formula is C21H26NO5P. The number of hydrogen-bond acceptors (Lipinski definition) is 6. The van der Waals surface area contributed by atoms with Crippen LogP contribution in [0, 0.1) is 0 Å². The van der Waals surface area contributed by atoms with Gasteiger partial charge in [0.2, 0.25) is 0 Å². The van der Waals surface area contributed by atoms with E-state index >= 15 is 0 Å². The molecule has 2 aromatic rings. The molecule has 0 saturated heterocycles. The van der Waals surface area contributed by atoms with Gasteiger partial charge in [0, 0.05) is 17.0 Å². The van der Waals surface area contributed by atoms with Crippen molar-refractivity contribution < 1.29 is 23.4 Å². The summed E-state index contributed by atoms with van der Waals surface area (Å²) in [5, 5.41) is 0.982. The fourth-order valence-electron chi connectivity index (χ4n) is 2.47. The highest BCUT2D eigenvalue weighted by molar-refractivity contribution is 7.74.